The van der Waals surface area contributed by atoms with Crippen molar-refractivity contribution in [2.75, 3.05) is 39.5 Å². The fourth-order valence-corrected chi connectivity index (χ4v) is 2.46. The van der Waals surface area contributed by atoms with E-state index in [9.17, 15) is 5.11 Å². The monoisotopic (exact) mass is 315 g/mol. The lowest BCUT2D eigenvalue weighted by Crippen LogP contribution is -2.32. The molecule has 0 unspecified atom stereocenters. The van der Waals surface area contributed by atoms with Gasteiger partial charge in [0.15, 0.2) is 0 Å². The number of aliphatic hydroxyl groups excluding tert-OH is 1. The molecular weight excluding hydrogens is 290 g/mol. The van der Waals surface area contributed by atoms with E-state index in [0.29, 0.717) is 13.2 Å². The predicted molar refractivity (Wildman–Crippen MR) is 86.2 cm³/mol. The minimum atomic E-state index is 0. The molecule has 1 aromatic carbocycles. The molecule has 5 heteroatoms. The zero-order valence-electron chi connectivity index (χ0n) is 12.5. The summed E-state index contributed by atoms with van der Waals surface area (Å²) in [7, 11) is 0. The predicted octanol–water partition coefficient (Wildman–Crippen LogP) is 2.48. The third kappa shape index (κ3) is 6.66. The number of likely N-dealkylation sites (tertiary alicyclic amines) is 1. The Morgan fingerprint density at radius 2 is 1.76 bits per heavy atom. The standard InChI is InChI=1S/C16H25NO3.ClH/c18-14-15-6-2-3-7-16(15)20-13-12-19-11-10-17-8-4-1-5-9-17;/h2-3,6-7,18H,1,4-5,8-14H2;1H. The maximum atomic E-state index is 9.19. The minimum absolute atomic E-state index is 0. The lowest BCUT2D eigenvalue weighted by atomic mass is 10.1. The molecule has 1 aromatic rings. The molecule has 1 fully saturated rings. The van der Waals surface area contributed by atoms with Gasteiger partial charge in [-0.25, -0.2) is 0 Å². The molecule has 0 radical (unpaired) electrons. The summed E-state index contributed by atoms with van der Waals surface area (Å²) in [6.07, 6.45) is 4.01. The number of rotatable bonds is 8. The fraction of sp³-hybridized carbons (Fsp3) is 0.625. The Morgan fingerprint density at radius 1 is 1.00 bits per heavy atom. The third-order valence-electron chi connectivity index (χ3n) is 3.63. The van der Waals surface area contributed by atoms with E-state index in [1.54, 1.807) is 0 Å². The molecule has 21 heavy (non-hydrogen) atoms. The van der Waals surface area contributed by atoms with Crippen LogP contribution in [0.3, 0.4) is 0 Å². The summed E-state index contributed by atoms with van der Waals surface area (Å²) in [6.45, 7) is 5.34. The van der Waals surface area contributed by atoms with E-state index in [0.717, 1.165) is 24.5 Å². The number of nitrogens with zero attached hydrogens (tertiary/aromatic N) is 1. The molecule has 1 N–H and O–H groups in total. The van der Waals surface area contributed by atoms with Gasteiger partial charge in [0.25, 0.3) is 0 Å². The first-order valence-electron chi connectivity index (χ1n) is 7.52. The van der Waals surface area contributed by atoms with Crippen LogP contribution < -0.4 is 4.74 Å². The molecule has 4 nitrogen and oxygen atoms in total. The zero-order chi connectivity index (χ0) is 14.0. The van der Waals surface area contributed by atoms with Gasteiger partial charge in [-0.1, -0.05) is 24.6 Å². The first-order chi connectivity index (χ1) is 9.90. The van der Waals surface area contributed by atoms with Gasteiger partial charge in [0.1, 0.15) is 12.4 Å². The number of hydrogen-bond donors (Lipinski definition) is 1. The van der Waals surface area contributed by atoms with Crippen LogP contribution in [0.25, 0.3) is 0 Å². The highest BCUT2D eigenvalue weighted by Gasteiger charge is 2.09. The van der Waals surface area contributed by atoms with Crippen molar-refractivity contribution in [2.24, 2.45) is 0 Å². The number of aliphatic hydroxyl groups is 1. The van der Waals surface area contributed by atoms with E-state index >= 15 is 0 Å². The van der Waals surface area contributed by atoms with Crippen LogP contribution in [0.5, 0.6) is 5.75 Å². The Labute approximate surface area is 133 Å². The topological polar surface area (TPSA) is 41.9 Å². The van der Waals surface area contributed by atoms with Gasteiger partial charge in [0, 0.05) is 12.1 Å². The van der Waals surface area contributed by atoms with Gasteiger partial charge in [0.05, 0.1) is 19.8 Å². The molecule has 120 valence electrons. The Hall–Kier alpha value is -0.810. The average Bonchev–Trinajstić information content (AvgIpc) is 2.52. The van der Waals surface area contributed by atoms with Gasteiger partial charge in [-0.2, -0.15) is 0 Å². The second kappa shape index (κ2) is 10.9. The van der Waals surface area contributed by atoms with Crippen molar-refractivity contribution in [3.8, 4) is 5.75 Å². The van der Waals surface area contributed by atoms with E-state index in [-0.39, 0.29) is 19.0 Å². The number of benzene rings is 1. The number of hydrogen-bond acceptors (Lipinski definition) is 4. The molecule has 0 spiro atoms. The van der Waals surface area contributed by atoms with Gasteiger partial charge in [-0.05, 0) is 32.0 Å². The molecule has 1 aliphatic rings. The fourth-order valence-electron chi connectivity index (χ4n) is 2.46. The Balaban J connectivity index is 0.00000220. The number of halogens is 1. The Morgan fingerprint density at radius 3 is 2.52 bits per heavy atom. The minimum Gasteiger partial charge on any atom is -0.491 e. The number of piperidine rings is 1. The van der Waals surface area contributed by atoms with Crippen LogP contribution in [0.4, 0.5) is 0 Å². The van der Waals surface area contributed by atoms with Crippen molar-refractivity contribution in [1.82, 2.24) is 4.90 Å². The summed E-state index contributed by atoms with van der Waals surface area (Å²) >= 11 is 0. The van der Waals surface area contributed by atoms with Crippen LogP contribution in [-0.4, -0.2) is 49.5 Å². The maximum Gasteiger partial charge on any atom is 0.124 e. The lowest BCUT2D eigenvalue weighted by molar-refractivity contribution is 0.0745. The molecular formula is C16H26ClNO3. The maximum absolute atomic E-state index is 9.19. The summed E-state index contributed by atoms with van der Waals surface area (Å²) in [5, 5.41) is 9.19. The Bertz CT molecular complexity index is 384. The van der Waals surface area contributed by atoms with Crippen LogP contribution in [0.1, 0.15) is 24.8 Å². The second-order valence-electron chi connectivity index (χ2n) is 5.13. The highest BCUT2D eigenvalue weighted by Crippen LogP contribution is 2.17. The van der Waals surface area contributed by atoms with E-state index in [1.807, 2.05) is 24.3 Å². The van der Waals surface area contributed by atoms with Crippen molar-refractivity contribution in [3.05, 3.63) is 29.8 Å². The van der Waals surface area contributed by atoms with E-state index in [4.69, 9.17) is 9.47 Å². The summed E-state index contributed by atoms with van der Waals surface area (Å²) in [5.41, 5.74) is 0.820. The summed E-state index contributed by atoms with van der Waals surface area (Å²) in [4.78, 5) is 2.46. The van der Waals surface area contributed by atoms with Crippen molar-refractivity contribution in [2.45, 2.75) is 25.9 Å². The molecule has 0 saturated carbocycles. The zero-order valence-corrected chi connectivity index (χ0v) is 13.3. The van der Waals surface area contributed by atoms with Gasteiger partial charge in [-0.3, -0.25) is 0 Å². The summed E-state index contributed by atoms with van der Waals surface area (Å²) in [5.74, 6) is 0.745. The molecule has 0 atom stereocenters. The van der Waals surface area contributed by atoms with Crippen LogP contribution in [0.2, 0.25) is 0 Å². The molecule has 1 aliphatic heterocycles. The van der Waals surface area contributed by atoms with E-state index in [2.05, 4.69) is 4.90 Å². The highest BCUT2D eigenvalue weighted by molar-refractivity contribution is 5.85. The molecule has 2 rings (SSSR count). The molecule has 0 amide bonds. The molecule has 1 heterocycles. The van der Waals surface area contributed by atoms with Crippen LogP contribution in [0.15, 0.2) is 24.3 Å². The van der Waals surface area contributed by atoms with Gasteiger partial charge >= 0.3 is 0 Å². The first-order valence-corrected chi connectivity index (χ1v) is 7.52. The van der Waals surface area contributed by atoms with Gasteiger partial charge < -0.3 is 19.5 Å². The van der Waals surface area contributed by atoms with Crippen LogP contribution in [0, 0.1) is 0 Å². The van der Waals surface area contributed by atoms with Crippen molar-refractivity contribution < 1.29 is 14.6 Å². The number of ether oxygens (including phenoxy) is 2. The van der Waals surface area contributed by atoms with Crippen molar-refractivity contribution >= 4 is 12.4 Å². The molecule has 0 aromatic heterocycles. The number of para-hydroxylation sites is 1. The first kappa shape index (κ1) is 18.2. The van der Waals surface area contributed by atoms with Crippen molar-refractivity contribution in [1.29, 1.82) is 0 Å². The second-order valence-corrected chi connectivity index (χ2v) is 5.13. The SMILES string of the molecule is Cl.OCc1ccccc1OCCOCCN1CCCCC1. The van der Waals surface area contributed by atoms with Gasteiger partial charge in [-0.15, -0.1) is 12.4 Å². The molecule has 1 saturated heterocycles. The third-order valence-corrected chi connectivity index (χ3v) is 3.63. The van der Waals surface area contributed by atoms with Crippen molar-refractivity contribution in [3.63, 3.8) is 0 Å². The quantitative estimate of drug-likeness (QED) is 0.748. The largest absolute Gasteiger partial charge is 0.491 e. The Kier molecular flexibility index (Phi) is 9.42. The summed E-state index contributed by atoms with van der Waals surface area (Å²) < 4.78 is 11.2. The van der Waals surface area contributed by atoms with Crippen LogP contribution in [-0.2, 0) is 11.3 Å². The molecule has 0 bridgehead atoms. The highest BCUT2D eigenvalue weighted by atomic mass is 35.5. The smallest absolute Gasteiger partial charge is 0.124 e. The van der Waals surface area contributed by atoms with Gasteiger partial charge in [0.2, 0.25) is 0 Å². The normalized spacial score (nSPS) is 15.5. The van der Waals surface area contributed by atoms with Crippen LogP contribution >= 0.6 is 12.4 Å². The van der Waals surface area contributed by atoms with E-state index in [1.165, 1.54) is 32.4 Å². The molecule has 0 aliphatic carbocycles. The van der Waals surface area contributed by atoms with E-state index < -0.39 is 0 Å². The lowest BCUT2D eigenvalue weighted by Gasteiger charge is -2.26. The average molecular weight is 316 g/mol. The summed E-state index contributed by atoms with van der Waals surface area (Å²) in [6, 6.07) is 7.55.